The number of hydrogen-bond donors (Lipinski definition) is 1. The third-order valence-corrected chi connectivity index (χ3v) is 3.27. The third kappa shape index (κ3) is 4.84. The Hall–Kier alpha value is -1.57. The average Bonchev–Trinajstić information content (AvgIpc) is 2.43. The van der Waals surface area contributed by atoms with Crippen LogP contribution < -0.4 is 5.32 Å². The molecular formula is C15H19ClN2O2. The summed E-state index contributed by atoms with van der Waals surface area (Å²) in [5.74, 6) is 0.103. The van der Waals surface area contributed by atoms with Gasteiger partial charge in [0.1, 0.15) is 6.04 Å². The predicted molar refractivity (Wildman–Crippen MR) is 78.3 cm³/mol. The van der Waals surface area contributed by atoms with Crippen molar-refractivity contribution in [1.82, 2.24) is 5.32 Å². The zero-order chi connectivity index (χ0) is 15.1. The monoisotopic (exact) mass is 294 g/mol. The molecule has 0 saturated heterocycles. The maximum atomic E-state index is 11.7. The van der Waals surface area contributed by atoms with Crippen LogP contribution in [0, 0.1) is 17.2 Å². The first-order chi connectivity index (χ1) is 9.47. The number of nitrogens with one attached hydrogen (secondary N) is 1. The van der Waals surface area contributed by atoms with Crippen molar-refractivity contribution < 1.29 is 9.53 Å². The molecule has 108 valence electrons. The number of esters is 1. The van der Waals surface area contributed by atoms with Gasteiger partial charge in [-0.25, -0.2) is 0 Å². The number of nitrogens with zero attached hydrogens (tertiary/aromatic N) is 1. The molecule has 5 heteroatoms. The fraction of sp³-hybridized carbons (Fsp3) is 0.467. The fourth-order valence-corrected chi connectivity index (χ4v) is 2.12. The maximum absolute atomic E-state index is 11.7. The number of methoxy groups -OCH3 is 1. The van der Waals surface area contributed by atoms with E-state index in [1.807, 2.05) is 19.9 Å². The van der Waals surface area contributed by atoms with Crippen LogP contribution in [0.5, 0.6) is 0 Å². The largest absolute Gasteiger partial charge is 0.468 e. The van der Waals surface area contributed by atoms with Crippen LogP contribution in [-0.2, 0) is 16.1 Å². The Morgan fingerprint density at radius 1 is 1.50 bits per heavy atom. The molecule has 0 heterocycles. The summed E-state index contributed by atoms with van der Waals surface area (Å²) in [5.41, 5.74) is 1.37. The first-order valence-electron chi connectivity index (χ1n) is 6.47. The van der Waals surface area contributed by atoms with Gasteiger partial charge in [-0.3, -0.25) is 4.79 Å². The van der Waals surface area contributed by atoms with Gasteiger partial charge in [-0.1, -0.05) is 31.5 Å². The summed E-state index contributed by atoms with van der Waals surface area (Å²) in [7, 11) is 1.38. The minimum absolute atomic E-state index is 0.275. The van der Waals surface area contributed by atoms with Crippen LogP contribution >= 0.6 is 11.6 Å². The normalized spacial score (nSPS) is 12.0. The first-order valence-corrected chi connectivity index (χ1v) is 6.85. The second-order valence-corrected chi connectivity index (χ2v) is 5.41. The Morgan fingerprint density at radius 3 is 2.70 bits per heavy atom. The van der Waals surface area contributed by atoms with Crippen molar-refractivity contribution >= 4 is 17.6 Å². The van der Waals surface area contributed by atoms with Gasteiger partial charge in [0.2, 0.25) is 0 Å². The highest BCUT2D eigenvalue weighted by Gasteiger charge is 2.20. The van der Waals surface area contributed by atoms with E-state index in [4.69, 9.17) is 21.6 Å². The van der Waals surface area contributed by atoms with Gasteiger partial charge in [0, 0.05) is 11.6 Å². The summed E-state index contributed by atoms with van der Waals surface area (Å²) in [4.78, 5) is 11.7. The Labute approximate surface area is 124 Å². The summed E-state index contributed by atoms with van der Waals surface area (Å²) in [6.45, 7) is 4.55. The molecule has 0 aromatic heterocycles. The van der Waals surface area contributed by atoms with E-state index in [1.54, 1.807) is 18.2 Å². The predicted octanol–water partition coefficient (Wildman–Crippen LogP) is 2.89. The number of nitriles is 1. The Balaban J connectivity index is 2.72. The van der Waals surface area contributed by atoms with E-state index >= 15 is 0 Å². The van der Waals surface area contributed by atoms with Crippen molar-refractivity contribution in [1.29, 1.82) is 5.26 Å². The number of hydrogen-bond acceptors (Lipinski definition) is 4. The van der Waals surface area contributed by atoms with Gasteiger partial charge in [0.15, 0.2) is 0 Å². The Kier molecular flexibility index (Phi) is 6.50. The van der Waals surface area contributed by atoms with Gasteiger partial charge in [-0.05, 0) is 30.0 Å². The molecule has 0 fully saturated rings. The highest BCUT2D eigenvalue weighted by molar-refractivity contribution is 6.31. The zero-order valence-electron chi connectivity index (χ0n) is 11.9. The van der Waals surface area contributed by atoms with Gasteiger partial charge in [0.05, 0.1) is 18.7 Å². The average molecular weight is 295 g/mol. The molecule has 0 amide bonds. The minimum Gasteiger partial charge on any atom is -0.468 e. The summed E-state index contributed by atoms with van der Waals surface area (Å²) < 4.78 is 4.79. The van der Waals surface area contributed by atoms with Crippen LogP contribution in [0.2, 0.25) is 5.02 Å². The van der Waals surface area contributed by atoms with Gasteiger partial charge in [0.25, 0.3) is 0 Å². The molecule has 1 rings (SSSR count). The lowest BCUT2D eigenvalue weighted by Gasteiger charge is -2.18. The molecule has 1 atom stereocenters. The van der Waals surface area contributed by atoms with Crippen molar-refractivity contribution in [3.8, 4) is 6.07 Å². The van der Waals surface area contributed by atoms with Gasteiger partial charge < -0.3 is 10.1 Å². The lowest BCUT2D eigenvalue weighted by Crippen LogP contribution is -2.38. The van der Waals surface area contributed by atoms with Crippen LogP contribution in [0.4, 0.5) is 0 Å². The number of benzene rings is 1. The quantitative estimate of drug-likeness (QED) is 0.820. The lowest BCUT2D eigenvalue weighted by atomic mass is 10.0. The van der Waals surface area contributed by atoms with Gasteiger partial charge >= 0.3 is 5.97 Å². The maximum Gasteiger partial charge on any atom is 0.322 e. The van der Waals surface area contributed by atoms with Crippen molar-refractivity contribution in [2.45, 2.75) is 32.9 Å². The van der Waals surface area contributed by atoms with E-state index < -0.39 is 0 Å². The van der Waals surface area contributed by atoms with Crippen LogP contribution in [0.1, 0.15) is 31.4 Å². The van der Waals surface area contributed by atoms with Crippen molar-refractivity contribution in [3.05, 3.63) is 34.3 Å². The Morgan fingerprint density at radius 2 is 2.20 bits per heavy atom. The van der Waals surface area contributed by atoms with Gasteiger partial charge in [-0.15, -0.1) is 0 Å². The SMILES string of the molecule is COC(=O)C(CC(C)C)NCc1ccc(C#N)cc1Cl. The topological polar surface area (TPSA) is 62.1 Å². The van der Waals surface area contributed by atoms with E-state index in [-0.39, 0.29) is 12.0 Å². The minimum atomic E-state index is -0.355. The number of halogens is 1. The van der Waals surface area contributed by atoms with Crippen molar-refractivity contribution in [2.75, 3.05) is 7.11 Å². The summed E-state index contributed by atoms with van der Waals surface area (Å²) in [5, 5.41) is 12.5. The van der Waals surface area contributed by atoms with Crippen LogP contribution in [0.3, 0.4) is 0 Å². The summed E-state index contributed by atoms with van der Waals surface area (Å²) >= 11 is 6.10. The molecule has 0 spiro atoms. The number of rotatable bonds is 6. The van der Waals surface area contributed by atoms with E-state index in [1.165, 1.54) is 7.11 Å². The second-order valence-electron chi connectivity index (χ2n) is 5.00. The van der Waals surface area contributed by atoms with Crippen molar-refractivity contribution in [3.63, 3.8) is 0 Å². The molecule has 1 N–H and O–H groups in total. The second kappa shape index (κ2) is 7.88. The molecule has 20 heavy (non-hydrogen) atoms. The fourth-order valence-electron chi connectivity index (χ4n) is 1.87. The molecule has 0 aliphatic carbocycles. The molecule has 0 aliphatic heterocycles. The van der Waals surface area contributed by atoms with E-state index in [0.29, 0.717) is 29.5 Å². The molecule has 1 aromatic carbocycles. The number of ether oxygens (including phenoxy) is 1. The zero-order valence-corrected chi connectivity index (χ0v) is 12.7. The Bertz CT molecular complexity index is 509. The summed E-state index contributed by atoms with van der Waals surface area (Å²) in [6.07, 6.45) is 0.695. The molecule has 4 nitrogen and oxygen atoms in total. The standard InChI is InChI=1S/C15H19ClN2O2/c1-10(2)6-14(15(19)20-3)18-9-12-5-4-11(8-17)7-13(12)16/h4-5,7,10,14,18H,6,9H2,1-3H3. The van der Waals surface area contributed by atoms with Crippen LogP contribution in [0.15, 0.2) is 18.2 Å². The molecular weight excluding hydrogens is 276 g/mol. The van der Waals surface area contributed by atoms with Crippen molar-refractivity contribution in [2.24, 2.45) is 5.92 Å². The molecule has 0 saturated carbocycles. The van der Waals surface area contributed by atoms with Gasteiger partial charge in [-0.2, -0.15) is 5.26 Å². The number of carbonyl (C=O) groups excluding carboxylic acids is 1. The molecule has 0 bridgehead atoms. The molecule has 1 aromatic rings. The van der Waals surface area contributed by atoms with Crippen LogP contribution in [0.25, 0.3) is 0 Å². The molecule has 0 aliphatic rings. The highest BCUT2D eigenvalue weighted by Crippen LogP contribution is 2.18. The van der Waals surface area contributed by atoms with E-state index in [9.17, 15) is 4.79 Å². The van der Waals surface area contributed by atoms with E-state index in [0.717, 1.165) is 5.56 Å². The molecule has 0 radical (unpaired) electrons. The number of carbonyl (C=O) groups is 1. The van der Waals surface area contributed by atoms with Crippen LogP contribution in [-0.4, -0.2) is 19.1 Å². The smallest absolute Gasteiger partial charge is 0.322 e. The lowest BCUT2D eigenvalue weighted by molar-refractivity contribution is -0.143. The molecule has 1 unspecified atom stereocenters. The highest BCUT2D eigenvalue weighted by atomic mass is 35.5. The first kappa shape index (κ1) is 16.5. The third-order valence-electron chi connectivity index (χ3n) is 2.91. The summed E-state index contributed by atoms with van der Waals surface area (Å²) in [6, 6.07) is 6.79. The van der Waals surface area contributed by atoms with E-state index in [2.05, 4.69) is 5.32 Å².